The number of halogens is 4. The van der Waals surface area contributed by atoms with Crippen molar-refractivity contribution in [2.75, 3.05) is 0 Å². The Morgan fingerprint density at radius 3 is 1.93 bits per heavy atom. The van der Waals surface area contributed by atoms with Crippen molar-refractivity contribution in [1.29, 1.82) is 0 Å². The van der Waals surface area contributed by atoms with E-state index in [0.717, 1.165) is 12.1 Å². The van der Waals surface area contributed by atoms with Crippen LogP contribution in [0.5, 0.6) is 0 Å². The van der Waals surface area contributed by atoms with Gasteiger partial charge in [-0.15, -0.1) is 0 Å². The van der Waals surface area contributed by atoms with Gasteiger partial charge in [0.05, 0.1) is 5.41 Å². The second kappa shape index (κ2) is 7.01. The Hall–Kier alpha value is -2.63. The number of hydrogen-bond acceptors (Lipinski definition) is 0. The summed E-state index contributed by atoms with van der Waals surface area (Å²) in [7, 11) is 0. The van der Waals surface area contributed by atoms with Crippen molar-refractivity contribution >= 4 is 0 Å². The molecule has 0 spiro atoms. The molecule has 0 bridgehead atoms. The molecule has 0 radical (unpaired) electrons. The SMILES string of the molecule is CC(C)(C)c1cc(F)cc(F)c1-[n+]1ccn(-c2ccc(F)cc2F)c1C(C)(C)C. The molecule has 0 unspecified atom stereocenters. The van der Waals surface area contributed by atoms with E-state index in [9.17, 15) is 13.2 Å². The van der Waals surface area contributed by atoms with Gasteiger partial charge in [-0.2, -0.15) is 9.13 Å². The van der Waals surface area contributed by atoms with Crippen LogP contribution >= 0.6 is 0 Å². The predicted molar refractivity (Wildman–Crippen MR) is 105 cm³/mol. The highest BCUT2D eigenvalue weighted by atomic mass is 19.1. The van der Waals surface area contributed by atoms with Crippen LogP contribution < -0.4 is 4.57 Å². The molecule has 1 aromatic heterocycles. The molecule has 2 nitrogen and oxygen atoms in total. The van der Waals surface area contributed by atoms with E-state index in [0.29, 0.717) is 11.4 Å². The summed E-state index contributed by atoms with van der Waals surface area (Å²) in [5, 5.41) is 0. The molecule has 3 aromatic rings. The lowest BCUT2D eigenvalue weighted by molar-refractivity contribution is -0.610. The van der Waals surface area contributed by atoms with E-state index in [1.54, 1.807) is 21.5 Å². The Labute approximate surface area is 168 Å². The van der Waals surface area contributed by atoms with Crippen molar-refractivity contribution in [2.45, 2.75) is 52.4 Å². The Balaban J connectivity index is 2.38. The molecule has 0 aliphatic rings. The van der Waals surface area contributed by atoms with Crippen molar-refractivity contribution in [2.24, 2.45) is 0 Å². The van der Waals surface area contributed by atoms with Gasteiger partial charge in [-0.1, -0.05) is 20.8 Å². The van der Waals surface area contributed by atoms with E-state index in [4.69, 9.17) is 0 Å². The van der Waals surface area contributed by atoms with Gasteiger partial charge in [0, 0.05) is 17.7 Å². The lowest BCUT2D eigenvalue weighted by Gasteiger charge is -2.24. The maximum absolute atomic E-state index is 15.0. The molecule has 3 rings (SSSR count). The maximum atomic E-state index is 15.0. The molecule has 0 aliphatic carbocycles. The first-order valence-corrected chi connectivity index (χ1v) is 9.39. The normalized spacial score (nSPS) is 12.5. The van der Waals surface area contributed by atoms with Crippen molar-refractivity contribution in [3.05, 3.63) is 77.4 Å². The fourth-order valence-electron chi connectivity index (χ4n) is 3.55. The van der Waals surface area contributed by atoms with E-state index in [1.807, 2.05) is 41.5 Å². The van der Waals surface area contributed by atoms with Gasteiger partial charge in [-0.3, -0.25) is 0 Å². The van der Waals surface area contributed by atoms with Gasteiger partial charge in [0.25, 0.3) is 5.82 Å². The standard InChI is InChI=1S/C23H25F4N2/c1-22(2,3)16-11-15(25)13-18(27)20(16)29-10-9-28(21(29)23(4,5)6)19-8-7-14(24)12-17(19)26/h7-13H,1-6H3/q+1. The largest absolute Gasteiger partial charge is 0.272 e. The molecule has 0 saturated heterocycles. The lowest BCUT2D eigenvalue weighted by Crippen LogP contribution is -2.43. The van der Waals surface area contributed by atoms with Crippen LogP contribution in [0.2, 0.25) is 0 Å². The second-order valence-corrected chi connectivity index (χ2v) is 9.24. The Morgan fingerprint density at radius 1 is 0.759 bits per heavy atom. The molecule has 0 N–H and O–H groups in total. The third-order valence-corrected chi connectivity index (χ3v) is 4.74. The lowest BCUT2D eigenvalue weighted by atomic mass is 9.85. The number of nitrogens with zero attached hydrogens (tertiary/aromatic N) is 2. The molecule has 0 amide bonds. The van der Waals surface area contributed by atoms with Crippen LogP contribution in [0, 0.1) is 23.3 Å². The van der Waals surface area contributed by atoms with Crippen molar-refractivity contribution in [3.63, 3.8) is 0 Å². The molecule has 154 valence electrons. The summed E-state index contributed by atoms with van der Waals surface area (Å²) in [6, 6.07) is 5.50. The van der Waals surface area contributed by atoms with Gasteiger partial charge >= 0.3 is 0 Å². The molecule has 2 aromatic carbocycles. The quantitative estimate of drug-likeness (QED) is 0.370. The fraction of sp³-hybridized carbons (Fsp3) is 0.348. The minimum absolute atomic E-state index is 0.148. The Kier molecular flexibility index (Phi) is 5.10. The minimum Gasteiger partial charge on any atom is -0.207 e. The first-order valence-electron chi connectivity index (χ1n) is 9.39. The summed E-state index contributed by atoms with van der Waals surface area (Å²) < 4.78 is 60.2. The smallest absolute Gasteiger partial charge is 0.207 e. The average molecular weight is 405 g/mol. The summed E-state index contributed by atoms with van der Waals surface area (Å²) in [5.41, 5.74) is -0.230. The number of aromatic nitrogens is 2. The van der Waals surface area contributed by atoms with E-state index >= 15 is 4.39 Å². The summed E-state index contributed by atoms with van der Waals surface area (Å²) in [4.78, 5) is 0. The van der Waals surface area contributed by atoms with Gasteiger partial charge in [0.15, 0.2) is 23.0 Å². The van der Waals surface area contributed by atoms with Gasteiger partial charge in [0.1, 0.15) is 24.0 Å². The first-order chi connectivity index (χ1) is 13.3. The highest BCUT2D eigenvalue weighted by Gasteiger charge is 2.36. The van der Waals surface area contributed by atoms with Gasteiger partial charge in [-0.25, -0.2) is 17.6 Å². The van der Waals surface area contributed by atoms with E-state index in [2.05, 4.69) is 0 Å². The summed E-state index contributed by atoms with van der Waals surface area (Å²) in [6.45, 7) is 11.4. The van der Waals surface area contributed by atoms with Crippen molar-refractivity contribution < 1.29 is 22.1 Å². The number of benzene rings is 2. The third kappa shape index (κ3) is 3.93. The van der Waals surface area contributed by atoms with Gasteiger partial charge < -0.3 is 0 Å². The molecule has 0 fully saturated rings. The topological polar surface area (TPSA) is 8.81 Å². The van der Waals surface area contributed by atoms with E-state index < -0.39 is 34.1 Å². The molecular weight excluding hydrogens is 380 g/mol. The van der Waals surface area contributed by atoms with Crippen LogP contribution in [0.1, 0.15) is 52.9 Å². The molecular formula is C23H25F4N2+. The molecule has 0 aliphatic heterocycles. The molecule has 29 heavy (non-hydrogen) atoms. The van der Waals surface area contributed by atoms with E-state index in [-0.39, 0.29) is 11.4 Å². The van der Waals surface area contributed by atoms with Crippen LogP contribution in [0.15, 0.2) is 42.7 Å². The highest BCUT2D eigenvalue weighted by Crippen LogP contribution is 2.32. The van der Waals surface area contributed by atoms with Crippen LogP contribution in [-0.4, -0.2) is 4.57 Å². The summed E-state index contributed by atoms with van der Waals surface area (Å²) in [6.07, 6.45) is 3.22. The summed E-state index contributed by atoms with van der Waals surface area (Å²) >= 11 is 0. The van der Waals surface area contributed by atoms with Crippen LogP contribution in [0.4, 0.5) is 17.6 Å². The molecule has 1 heterocycles. The zero-order valence-electron chi connectivity index (χ0n) is 17.4. The molecule has 0 atom stereocenters. The van der Waals surface area contributed by atoms with Crippen molar-refractivity contribution in [1.82, 2.24) is 4.57 Å². The zero-order valence-corrected chi connectivity index (χ0v) is 17.4. The first kappa shape index (κ1) is 21.1. The Bertz CT molecular complexity index is 1070. The van der Waals surface area contributed by atoms with Crippen LogP contribution in [0.3, 0.4) is 0 Å². The Morgan fingerprint density at radius 2 is 1.38 bits per heavy atom. The maximum Gasteiger partial charge on any atom is 0.272 e. The number of imidazole rings is 1. The van der Waals surface area contributed by atoms with Crippen LogP contribution in [0.25, 0.3) is 11.4 Å². The summed E-state index contributed by atoms with van der Waals surface area (Å²) in [5.74, 6) is -2.20. The zero-order chi connectivity index (χ0) is 21.7. The van der Waals surface area contributed by atoms with Gasteiger partial charge in [-0.05, 0) is 44.4 Å². The highest BCUT2D eigenvalue weighted by molar-refractivity contribution is 5.42. The van der Waals surface area contributed by atoms with Crippen molar-refractivity contribution in [3.8, 4) is 11.4 Å². The number of hydrogen-bond donors (Lipinski definition) is 0. The third-order valence-electron chi connectivity index (χ3n) is 4.74. The monoisotopic (exact) mass is 405 g/mol. The van der Waals surface area contributed by atoms with E-state index in [1.165, 1.54) is 18.2 Å². The molecule has 0 saturated carbocycles. The predicted octanol–water partition coefficient (Wildman–Crippen LogP) is 5.91. The second-order valence-electron chi connectivity index (χ2n) is 9.24. The number of rotatable bonds is 2. The minimum atomic E-state index is -0.728. The van der Waals surface area contributed by atoms with Crippen LogP contribution in [-0.2, 0) is 10.8 Å². The molecule has 6 heteroatoms. The van der Waals surface area contributed by atoms with Gasteiger partial charge in [0.2, 0.25) is 0 Å². The average Bonchev–Trinajstić information content (AvgIpc) is 2.97. The fourth-order valence-corrected chi connectivity index (χ4v) is 3.55.